The zero-order valence-electron chi connectivity index (χ0n) is 16.3. The van der Waals surface area contributed by atoms with Crippen molar-refractivity contribution >= 4 is 40.9 Å². The minimum atomic E-state index is -0.992. The summed E-state index contributed by atoms with van der Waals surface area (Å²) in [4.78, 5) is 43.1. The Labute approximate surface area is 182 Å². The Morgan fingerprint density at radius 1 is 1.23 bits per heavy atom. The Balaban J connectivity index is 1.73. The second-order valence-electron chi connectivity index (χ2n) is 7.53. The van der Waals surface area contributed by atoms with Gasteiger partial charge in [0.2, 0.25) is 17.7 Å². The fourth-order valence-electron chi connectivity index (χ4n) is 3.21. The van der Waals surface area contributed by atoms with E-state index in [0.717, 1.165) is 0 Å². The summed E-state index contributed by atoms with van der Waals surface area (Å²) >= 11 is 12.7. The molecule has 1 aliphatic rings. The van der Waals surface area contributed by atoms with Crippen molar-refractivity contribution in [3.63, 3.8) is 0 Å². The summed E-state index contributed by atoms with van der Waals surface area (Å²) in [6, 6.07) is 3.25. The monoisotopic (exact) mass is 452 g/mol. The first-order valence-corrected chi connectivity index (χ1v) is 9.93. The molecule has 0 saturated carbocycles. The highest BCUT2D eigenvalue weighted by Gasteiger charge is 2.32. The van der Waals surface area contributed by atoms with Gasteiger partial charge in [-0.25, -0.2) is 9.97 Å². The van der Waals surface area contributed by atoms with Crippen LogP contribution in [0, 0.1) is 6.08 Å². The fraction of sp³-hybridized carbons (Fsp3) is 0.350. The standard InChI is InChI=1S/C20H19Cl2FN4O3/c1-20(2,11-8-25-19(23)26-9-11)18(30)24-7-10-5-13(21)16(14(22)6-10)12-3-4-15(28)27-17(12)29/h5-6,8-9,12H,3-4,7H2,1-2H3,(H,24,30)(H,27,28,29). The van der Waals surface area contributed by atoms with Gasteiger partial charge in [0, 0.05) is 46.5 Å². The maximum absolute atomic E-state index is 12.9. The van der Waals surface area contributed by atoms with Crippen LogP contribution in [0.2, 0.25) is 10.0 Å². The van der Waals surface area contributed by atoms with E-state index < -0.39 is 23.3 Å². The summed E-state index contributed by atoms with van der Waals surface area (Å²) in [6.07, 6.45) is 2.21. The SMILES string of the molecule is CC(C)(C(=O)NCc1cc(Cl)c(C2CCC(=O)NC2=O)c(Cl)c1)c1cnc(F)nc1. The van der Waals surface area contributed by atoms with Crippen molar-refractivity contribution in [3.05, 3.63) is 57.3 Å². The maximum atomic E-state index is 12.9. The molecular weight excluding hydrogens is 434 g/mol. The number of imide groups is 1. The predicted octanol–water partition coefficient (Wildman–Crippen LogP) is 3.04. The highest BCUT2D eigenvalue weighted by atomic mass is 35.5. The summed E-state index contributed by atoms with van der Waals surface area (Å²) in [5.74, 6) is -1.68. The first-order valence-electron chi connectivity index (χ1n) is 9.17. The maximum Gasteiger partial charge on any atom is 0.308 e. The lowest BCUT2D eigenvalue weighted by atomic mass is 9.85. The Morgan fingerprint density at radius 2 is 1.83 bits per heavy atom. The molecule has 30 heavy (non-hydrogen) atoms. The number of rotatable bonds is 5. The van der Waals surface area contributed by atoms with Crippen LogP contribution in [0.5, 0.6) is 0 Å². The number of carbonyl (C=O) groups excluding carboxylic acids is 3. The Bertz CT molecular complexity index is 989. The lowest BCUT2D eigenvalue weighted by Gasteiger charge is -2.24. The molecule has 0 spiro atoms. The van der Waals surface area contributed by atoms with Crippen LogP contribution in [0.3, 0.4) is 0 Å². The molecular formula is C20H19Cl2FN4O3. The van der Waals surface area contributed by atoms with Gasteiger partial charge in [-0.15, -0.1) is 0 Å². The zero-order chi connectivity index (χ0) is 22.1. The molecule has 158 valence electrons. The van der Waals surface area contributed by atoms with Crippen LogP contribution >= 0.6 is 23.2 Å². The highest BCUT2D eigenvalue weighted by molar-refractivity contribution is 6.36. The number of amides is 3. The third-order valence-corrected chi connectivity index (χ3v) is 5.71. The van der Waals surface area contributed by atoms with Gasteiger partial charge < -0.3 is 5.32 Å². The largest absolute Gasteiger partial charge is 0.351 e. The molecule has 3 rings (SSSR count). The Kier molecular flexibility index (Phi) is 6.38. The second kappa shape index (κ2) is 8.65. The van der Waals surface area contributed by atoms with Crippen molar-refractivity contribution in [1.29, 1.82) is 0 Å². The van der Waals surface area contributed by atoms with Gasteiger partial charge in [-0.1, -0.05) is 23.2 Å². The summed E-state index contributed by atoms with van der Waals surface area (Å²) in [5.41, 5.74) is 0.571. The molecule has 0 radical (unpaired) electrons. The van der Waals surface area contributed by atoms with E-state index in [4.69, 9.17) is 23.2 Å². The summed E-state index contributed by atoms with van der Waals surface area (Å²) in [7, 11) is 0. The van der Waals surface area contributed by atoms with Crippen LogP contribution in [-0.2, 0) is 26.3 Å². The van der Waals surface area contributed by atoms with E-state index in [-0.39, 0.29) is 34.8 Å². The number of nitrogens with zero attached hydrogens (tertiary/aromatic N) is 2. The molecule has 2 heterocycles. The molecule has 1 unspecified atom stereocenters. The average molecular weight is 453 g/mol. The summed E-state index contributed by atoms with van der Waals surface area (Å²) in [6.45, 7) is 3.48. The minimum Gasteiger partial charge on any atom is -0.351 e. The van der Waals surface area contributed by atoms with Gasteiger partial charge >= 0.3 is 6.08 Å². The van der Waals surface area contributed by atoms with Crippen LogP contribution in [0.25, 0.3) is 0 Å². The lowest BCUT2D eigenvalue weighted by Crippen LogP contribution is -2.40. The van der Waals surface area contributed by atoms with Gasteiger partial charge in [-0.05, 0) is 38.0 Å². The lowest BCUT2D eigenvalue weighted by molar-refractivity contribution is -0.134. The second-order valence-corrected chi connectivity index (χ2v) is 8.34. The van der Waals surface area contributed by atoms with Gasteiger partial charge in [0.25, 0.3) is 0 Å². The third kappa shape index (κ3) is 4.60. The molecule has 2 N–H and O–H groups in total. The highest BCUT2D eigenvalue weighted by Crippen LogP contribution is 2.37. The van der Waals surface area contributed by atoms with E-state index in [1.807, 2.05) is 0 Å². The van der Waals surface area contributed by atoms with Crippen molar-refractivity contribution < 1.29 is 18.8 Å². The molecule has 1 atom stereocenters. The van der Waals surface area contributed by atoms with Crippen LogP contribution in [0.4, 0.5) is 4.39 Å². The van der Waals surface area contributed by atoms with Gasteiger partial charge in [-0.3, -0.25) is 19.7 Å². The van der Waals surface area contributed by atoms with E-state index in [1.165, 1.54) is 12.4 Å². The van der Waals surface area contributed by atoms with Crippen molar-refractivity contribution in [2.45, 2.75) is 44.6 Å². The first kappa shape index (κ1) is 22.1. The molecule has 1 aromatic carbocycles. The molecule has 0 bridgehead atoms. The van der Waals surface area contributed by atoms with Crippen molar-refractivity contribution in [1.82, 2.24) is 20.6 Å². The van der Waals surface area contributed by atoms with E-state index in [2.05, 4.69) is 20.6 Å². The van der Waals surface area contributed by atoms with Crippen molar-refractivity contribution in [3.8, 4) is 0 Å². The van der Waals surface area contributed by atoms with E-state index in [0.29, 0.717) is 23.1 Å². The van der Waals surface area contributed by atoms with Crippen LogP contribution in [0.15, 0.2) is 24.5 Å². The van der Waals surface area contributed by atoms with Crippen molar-refractivity contribution in [2.24, 2.45) is 0 Å². The summed E-state index contributed by atoms with van der Waals surface area (Å²) in [5, 5.41) is 5.65. The van der Waals surface area contributed by atoms with Crippen LogP contribution in [0.1, 0.15) is 49.3 Å². The predicted molar refractivity (Wildman–Crippen MR) is 108 cm³/mol. The normalized spacial score (nSPS) is 16.9. The molecule has 0 aliphatic carbocycles. The molecule has 7 nitrogen and oxygen atoms in total. The molecule has 10 heteroatoms. The number of aromatic nitrogens is 2. The Hall–Kier alpha value is -2.58. The number of benzene rings is 1. The number of piperidine rings is 1. The summed E-state index contributed by atoms with van der Waals surface area (Å²) < 4.78 is 12.9. The van der Waals surface area contributed by atoms with E-state index in [9.17, 15) is 18.8 Å². The van der Waals surface area contributed by atoms with Gasteiger partial charge in [0.05, 0.1) is 11.3 Å². The number of halogens is 3. The first-order chi connectivity index (χ1) is 14.1. The molecule has 1 aliphatic heterocycles. The third-order valence-electron chi connectivity index (χ3n) is 5.09. The molecule has 3 amide bonds. The topological polar surface area (TPSA) is 101 Å². The minimum absolute atomic E-state index is 0.138. The number of hydrogen-bond acceptors (Lipinski definition) is 5. The average Bonchev–Trinajstić information content (AvgIpc) is 2.67. The quantitative estimate of drug-likeness (QED) is 0.536. The van der Waals surface area contributed by atoms with Gasteiger partial charge in [0.15, 0.2) is 0 Å². The van der Waals surface area contributed by atoms with E-state index in [1.54, 1.807) is 26.0 Å². The van der Waals surface area contributed by atoms with Gasteiger partial charge in [-0.2, -0.15) is 4.39 Å². The zero-order valence-corrected chi connectivity index (χ0v) is 17.8. The molecule has 1 saturated heterocycles. The molecule has 1 fully saturated rings. The fourth-order valence-corrected chi connectivity index (χ4v) is 4.01. The van der Waals surface area contributed by atoms with Crippen LogP contribution in [-0.4, -0.2) is 27.7 Å². The Morgan fingerprint density at radius 3 is 2.40 bits per heavy atom. The van der Waals surface area contributed by atoms with Crippen LogP contribution < -0.4 is 10.6 Å². The van der Waals surface area contributed by atoms with Gasteiger partial charge in [0.1, 0.15) is 0 Å². The molecule has 1 aromatic heterocycles. The number of carbonyl (C=O) groups is 3. The van der Waals surface area contributed by atoms with E-state index >= 15 is 0 Å². The smallest absolute Gasteiger partial charge is 0.308 e. The molecule has 2 aromatic rings. The number of nitrogens with one attached hydrogen (secondary N) is 2. The van der Waals surface area contributed by atoms with Crippen molar-refractivity contribution in [2.75, 3.05) is 0 Å². The number of hydrogen-bond donors (Lipinski definition) is 2.